The average Bonchev–Trinajstić information content (AvgIpc) is 3.81. The van der Waals surface area contributed by atoms with E-state index >= 15 is 13.6 Å². The van der Waals surface area contributed by atoms with Gasteiger partial charge >= 0.3 is 0 Å². The van der Waals surface area contributed by atoms with Crippen LogP contribution in [0.4, 0.5) is 32.2 Å². The third kappa shape index (κ3) is 7.78. The molecule has 0 radical (unpaired) electrons. The minimum Gasteiger partial charge on any atom is -0.344 e. The molecule has 0 bridgehead atoms. The van der Waals surface area contributed by atoms with Gasteiger partial charge in [-0.1, -0.05) is 72.3 Å². The SMILES string of the molecule is Cn1nc(NS(C)(=O)=O)c2c(Cl)ccc(-n3c([C@H](Cc4cc(F)cc(F)c4)NC(=O)Cn4nc(C(F)F)c5c4C(F)(F)[C@@H]4C[C@H]54)nc4cc(-c5ccccc5-c5ccccc5)ccc4c3=O)c21. The van der Waals surface area contributed by atoms with Gasteiger partial charge in [0, 0.05) is 31.0 Å². The number of rotatable bonds is 12. The van der Waals surface area contributed by atoms with Crippen LogP contribution in [0.15, 0.2) is 108 Å². The van der Waals surface area contributed by atoms with Crippen LogP contribution in [-0.2, 0) is 40.8 Å². The molecular formula is C47H35ClF6N8O4S. The van der Waals surface area contributed by atoms with Crippen molar-refractivity contribution in [3.63, 3.8) is 0 Å². The minimum absolute atomic E-state index is 0.00492. The van der Waals surface area contributed by atoms with E-state index in [0.29, 0.717) is 16.3 Å². The molecule has 20 heteroatoms. The largest absolute Gasteiger partial charge is 0.344 e. The Morgan fingerprint density at radius 2 is 1.60 bits per heavy atom. The smallest absolute Gasteiger partial charge is 0.293 e. The van der Waals surface area contributed by atoms with Gasteiger partial charge in [0.25, 0.3) is 17.9 Å². The molecule has 3 atom stereocenters. The molecule has 1 fully saturated rings. The molecule has 10 rings (SSSR count). The Morgan fingerprint density at radius 1 is 0.910 bits per heavy atom. The van der Waals surface area contributed by atoms with Crippen LogP contribution in [0.1, 0.15) is 53.1 Å². The predicted molar refractivity (Wildman–Crippen MR) is 239 cm³/mol. The van der Waals surface area contributed by atoms with Gasteiger partial charge in [-0.2, -0.15) is 19.0 Å². The maximum absolute atomic E-state index is 15.6. The summed E-state index contributed by atoms with van der Waals surface area (Å²) < 4.78 is 120. The fourth-order valence-corrected chi connectivity index (χ4v) is 10.1. The van der Waals surface area contributed by atoms with E-state index in [-0.39, 0.29) is 61.7 Å². The lowest BCUT2D eigenvalue weighted by Gasteiger charge is -2.24. The molecule has 0 spiro atoms. The Kier molecular flexibility index (Phi) is 10.6. The van der Waals surface area contributed by atoms with Crippen molar-refractivity contribution < 1.29 is 39.6 Å². The molecule has 1 saturated carbocycles. The van der Waals surface area contributed by atoms with Crippen molar-refractivity contribution in [2.24, 2.45) is 13.0 Å². The monoisotopic (exact) mass is 956 g/mol. The summed E-state index contributed by atoms with van der Waals surface area (Å²) in [5.74, 6) is -9.00. The lowest BCUT2D eigenvalue weighted by atomic mass is 9.94. The van der Waals surface area contributed by atoms with Gasteiger partial charge in [0.05, 0.1) is 44.8 Å². The first kappa shape index (κ1) is 43.9. The first-order valence-electron chi connectivity index (χ1n) is 20.7. The van der Waals surface area contributed by atoms with Crippen molar-refractivity contribution in [2.45, 2.75) is 43.7 Å². The van der Waals surface area contributed by atoms with E-state index in [9.17, 15) is 30.8 Å². The van der Waals surface area contributed by atoms with E-state index in [1.165, 1.54) is 23.9 Å². The fraction of sp³-hybridized carbons (Fsp3) is 0.213. The van der Waals surface area contributed by atoms with E-state index in [0.717, 1.165) is 39.6 Å². The van der Waals surface area contributed by atoms with Crippen LogP contribution in [0.5, 0.6) is 0 Å². The molecule has 67 heavy (non-hydrogen) atoms. The minimum atomic E-state index is -3.92. The van der Waals surface area contributed by atoms with Crippen molar-refractivity contribution in [3.05, 3.63) is 158 Å². The number of sulfonamides is 1. The maximum atomic E-state index is 15.6. The number of anilines is 1. The zero-order valence-electron chi connectivity index (χ0n) is 35.1. The van der Waals surface area contributed by atoms with E-state index in [4.69, 9.17) is 16.6 Å². The number of nitrogens with zero attached hydrogens (tertiary/aromatic N) is 6. The van der Waals surface area contributed by atoms with E-state index < -0.39 is 87.7 Å². The molecule has 12 nitrogen and oxygen atoms in total. The van der Waals surface area contributed by atoms with Crippen LogP contribution < -0.4 is 15.6 Å². The van der Waals surface area contributed by atoms with Gasteiger partial charge in [-0.15, -0.1) is 0 Å². The Balaban J connectivity index is 1.19. The molecule has 2 aliphatic rings. The number of hydrogen-bond acceptors (Lipinski definition) is 7. The summed E-state index contributed by atoms with van der Waals surface area (Å²) in [5, 5.41) is 11.0. The highest BCUT2D eigenvalue weighted by molar-refractivity contribution is 7.92. The van der Waals surface area contributed by atoms with Gasteiger partial charge in [-0.3, -0.25) is 28.2 Å². The van der Waals surface area contributed by atoms with Crippen molar-refractivity contribution in [2.75, 3.05) is 11.0 Å². The molecule has 3 aromatic heterocycles. The predicted octanol–water partition coefficient (Wildman–Crippen LogP) is 9.35. The summed E-state index contributed by atoms with van der Waals surface area (Å²) in [6, 6.07) is 26.0. The van der Waals surface area contributed by atoms with Gasteiger partial charge in [-0.25, -0.2) is 31.0 Å². The summed E-state index contributed by atoms with van der Waals surface area (Å²) in [4.78, 5) is 34.5. The van der Waals surface area contributed by atoms with Crippen molar-refractivity contribution in [1.29, 1.82) is 0 Å². The molecule has 3 heterocycles. The first-order valence-corrected chi connectivity index (χ1v) is 23.0. The summed E-state index contributed by atoms with van der Waals surface area (Å²) in [6.07, 6.45) is -2.76. The molecule has 5 aromatic carbocycles. The molecule has 0 aliphatic heterocycles. The number of amides is 1. The second-order valence-corrected chi connectivity index (χ2v) is 18.8. The Hall–Kier alpha value is -6.99. The number of aromatic nitrogens is 6. The highest BCUT2D eigenvalue weighted by atomic mass is 35.5. The molecular weight excluding hydrogens is 922 g/mol. The molecule has 1 amide bonds. The first-order chi connectivity index (χ1) is 31.9. The molecule has 2 N–H and O–H groups in total. The molecule has 0 saturated heterocycles. The lowest BCUT2D eigenvalue weighted by molar-refractivity contribution is -0.123. The van der Waals surface area contributed by atoms with Crippen LogP contribution in [-0.4, -0.2) is 49.7 Å². The number of benzene rings is 5. The molecule has 342 valence electrons. The molecule has 2 aliphatic carbocycles. The quantitative estimate of drug-likeness (QED) is 0.116. The van der Waals surface area contributed by atoms with Crippen molar-refractivity contribution in [3.8, 4) is 27.9 Å². The van der Waals surface area contributed by atoms with Gasteiger partial charge < -0.3 is 5.32 Å². The number of carbonyl (C=O) groups is 1. The van der Waals surface area contributed by atoms with E-state index in [1.807, 2.05) is 54.6 Å². The van der Waals surface area contributed by atoms with Gasteiger partial charge in [-0.05, 0) is 76.6 Å². The maximum Gasteiger partial charge on any atom is 0.293 e. The molecule has 8 aromatic rings. The number of hydrogen-bond donors (Lipinski definition) is 2. The lowest BCUT2D eigenvalue weighted by Crippen LogP contribution is -2.38. The second kappa shape index (κ2) is 16.1. The zero-order chi connectivity index (χ0) is 47.3. The summed E-state index contributed by atoms with van der Waals surface area (Å²) in [7, 11) is -2.45. The van der Waals surface area contributed by atoms with Crippen LogP contribution in [0.25, 0.3) is 49.7 Å². The van der Waals surface area contributed by atoms with E-state index in [2.05, 4.69) is 20.2 Å². The Bertz CT molecular complexity index is 3510. The summed E-state index contributed by atoms with van der Waals surface area (Å²) >= 11 is 6.68. The third-order valence-electron chi connectivity index (χ3n) is 12.1. The van der Waals surface area contributed by atoms with Crippen molar-refractivity contribution >= 4 is 55.2 Å². The van der Waals surface area contributed by atoms with Gasteiger partial charge in [0.15, 0.2) is 5.82 Å². The van der Waals surface area contributed by atoms with Crippen LogP contribution in [0.2, 0.25) is 5.02 Å². The van der Waals surface area contributed by atoms with E-state index in [1.54, 1.807) is 18.2 Å². The highest BCUT2D eigenvalue weighted by Crippen LogP contribution is 2.68. The third-order valence-corrected chi connectivity index (χ3v) is 13.0. The number of alkyl halides is 4. The topological polar surface area (TPSA) is 146 Å². The van der Waals surface area contributed by atoms with Crippen LogP contribution >= 0.6 is 11.6 Å². The Morgan fingerprint density at radius 3 is 2.28 bits per heavy atom. The summed E-state index contributed by atoms with van der Waals surface area (Å²) in [5.41, 5.74) is 0.753. The molecule has 0 unspecified atom stereocenters. The number of halogens is 7. The fourth-order valence-electron chi connectivity index (χ4n) is 9.35. The highest BCUT2D eigenvalue weighted by Gasteiger charge is 2.67. The zero-order valence-corrected chi connectivity index (χ0v) is 36.7. The number of nitrogens with one attached hydrogen (secondary N) is 2. The number of aryl methyl sites for hydroxylation is 1. The summed E-state index contributed by atoms with van der Waals surface area (Å²) in [6.45, 7) is -0.982. The van der Waals surface area contributed by atoms with Crippen LogP contribution in [0.3, 0.4) is 0 Å². The Labute approximate surface area is 381 Å². The van der Waals surface area contributed by atoms with Crippen LogP contribution in [0, 0.1) is 17.6 Å². The van der Waals surface area contributed by atoms with Gasteiger partial charge in [0.1, 0.15) is 35.4 Å². The average molecular weight is 957 g/mol. The van der Waals surface area contributed by atoms with Crippen molar-refractivity contribution in [1.82, 2.24) is 34.4 Å². The standard InChI is InChI=1S/C47H35ClF6N8O4S/c1-60-41-36(15-14-33(48)39(41)44(58-60)59-67(2,65)66)62-45(56-34-19-25(12-13-30(34)46(62)64)29-11-7-6-10-28(29)24-8-4-3-5-9-24)35(18-23-16-26(49)20-27(50)17-23)55-37(63)22-61-42-38(40(57-61)43(51)52)31-21-32(31)47(42,53)54/h3-17,19-20,31-32,35,43H,18,21-22H2,1-2H3,(H,55,63)(H,58,59)/t31-,32+,35-/m0/s1. The van der Waals surface area contributed by atoms with Gasteiger partial charge in [0.2, 0.25) is 15.9 Å². The second-order valence-electron chi connectivity index (χ2n) is 16.7. The number of fused-ring (bicyclic) bond motifs is 5. The normalized spacial score (nSPS) is 16.6. The number of carbonyl (C=O) groups excluding carboxylic acids is 1.